The summed E-state index contributed by atoms with van der Waals surface area (Å²) in [5.74, 6) is 0.384. The molecule has 1 fully saturated rings. The van der Waals surface area contributed by atoms with Gasteiger partial charge in [-0.15, -0.1) is 0 Å². The molecule has 1 aromatic carbocycles. The van der Waals surface area contributed by atoms with E-state index in [2.05, 4.69) is 31.4 Å². The molecule has 2 atom stereocenters. The van der Waals surface area contributed by atoms with E-state index >= 15 is 0 Å². The van der Waals surface area contributed by atoms with E-state index in [-0.39, 0.29) is 5.91 Å². The van der Waals surface area contributed by atoms with Crippen molar-refractivity contribution in [1.29, 1.82) is 0 Å². The number of hydrogen-bond donors (Lipinski definition) is 2. The Labute approximate surface area is 142 Å². The molecule has 1 aromatic rings. The molecule has 5 heteroatoms. The van der Waals surface area contributed by atoms with Gasteiger partial charge in [-0.05, 0) is 54.9 Å². The third-order valence-electron chi connectivity index (χ3n) is 4.07. The van der Waals surface area contributed by atoms with Gasteiger partial charge in [-0.25, -0.2) is 0 Å². The highest BCUT2D eigenvalue weighted by molar-refractivity contribution is 7.80. The Kier molecular flexibility index (Phi) is 5.45. The van der Waals surface area contributed by atoms with E-state index in [4.69, 9.17) is 23.8 Å². The van der Waals surface area contributed by atoms with Crippen LogP contribution >= 0.6 is 23.8 Å². The molecular weight excluding hydrogens is 316 g/mol. The van der Waals surface area contributed by atoms with Crippen LogP contribution in [0.15, 0.2) is 24.3 Å². The molecule has 0 radical (unpaired) electrons. The van der Waals surface area contributed by atoms with Gasteiger partial charge < -0.3 is 5.32 Å². The van der Waals surface area contributed by atoms with Crippen molar-refractivity contribution in [2.75, 3.05) is 0 Å². The maximum atomic E-state index is 12.2. The molecule has 0 saturated heterocycles. The molecule has 1 amide bonds. The highest BCUT2D eigenvalue weighted by Gasteiger charge is 2.32. The van der Waals surface area contributed by atoms with Gasteiger partial charge in [-0.1, -0.05) is 44.5 Å². The van der Waals surface area contributed by atoms with Crippen molar-refractivity contribution in [3.63, 3.8) is 0 Å². The van der Waals surface area contributed by atoms with Crippen molar-refractivity contribution in [3.05, 3.63) is 34.9 Å². The Morgan fingerprint density at radius 2 is 2.00 bits per heavy atom. The van der Waals surface area contributed by atoms with E-state index in [9.17, 15) is 4.79 Å². The van der Waals surface area contributed by atoms with Gasteiger partial charge in [0.15, 0.2) is 5.11 Å². The van der Waals surface area contributed by atoms with Crippen LogP contribution < -0.4 is 10.6 Å². The summed E-state index contributed by atoms with van der Waals surface area (Å²) in [4.78, 5) is 12.2. The molecule has 22 heavy (non-hydrogen) atoms. The Bertz CT molecular complexity index is 574. The minimum Gasteiger partial charge on any atom is -0.360 e. The third kappa shape index (κ3) is 4.68. The standard InChI is InChI=1S/C17H23ClN2OS/c1-11-8-12(10-17(2,3)9-11)19-16(22)20-15(21)13-6-4-5-7-14(13)18/h4-7,11-12H,8-10H2,1-3H3,(H2,19,20,21,22)/t11-,12-/m1/s1. The number of carbonyl (C=O) groups excluding carboxylic acids is 1. The van der Waals surface area contributed by atoms with Gasteiger partial charge >= 0.3 is 0 Å². The fourth-order valence-electron chi connectivity index (χ4n) is 3.49. The number of carbonyl (C=O) groups is 1. The average Bonchev–Trinajstić information content (AvgIpc) is 2.36. The normalized spacial score (nSPS) is 23.6. The number of amides is 1. The molecular formula is C17H23ClN2OS. The van der Waals surface area contributed by atoms with Gasteiger partial charge in [0.2, 0.25) is 0 Å². The summed E-state index contributed by atoms with van der Waals surface area (Å²) in [5.41, 5.74) is 0.739. The van der Waals surface area contributed by atoms with E-state index in [0.29, 0.717) is 33.1 Å². The lowest BCUT2D eigenvalue weighted by Gasteiger charge is -2.39. The molecule has 0 heterocycles. The molecule has 1 aliphatic carbocycles. The topological polar surface area (TPSA) is 41.1 Å². The number of hydrogen-bond acceptors (Lipinski definition) is 2. The van der Waals surface area contributed by atoms with Crippen LogP contribution in [0.4, 0.5) is 0 Å². The van der Waals surface area contributed by atoms with Crippen molar-refractivity contribution in [3.8, 4) is 0 Å². The number of halogens is 1. The van der Waals surface area contributed by atoms with Crippen molar-refractivity contribution in [2.24, 2.45) is 11.3 Å². The first-order valence-corrected chi connectivity index (χ1v) is 8.42. The second kappa shape index (κ2) is 6.97. The summed E-state index contributed by atoms with van der Waals surface area (Å²) in [6.07, 6.45) is 3.36. The summed E-state index contributed by atoms with van der Waals surface area (Å²) in [6.45, 7) is 6.83. The summed E-state index contributed by atoms with van der Waals surface area (Å²) in [5, 5.41) is 6.81. The maximum Gasteiger partial charge on any atom is 0.258 e. The van der Waals surface area contributed by atoms with E-state index < -0.39 is 0 Å². The molecule has 1 saturated carbocycles. The zero-order chi connectivity index (χ0) is 16.3. The van der Waals surface area contributed by atoms with Gasteiger partial charge in [0.1, 0.15) is 0 Å². The zero-order valence-corrected chi connectivity index (χ0v) is 14.9. The highest BCUT2D eigenvalue weighted by atomic mass is 35.5. The van der Waals surface area contributed by atoms with E-state index in [1.807, 2.05) is 0 Å². The smallest absolute Gasteiger partial charge is 0.258 e. The van der Waals surface area contributed by atoms with Gasteiger partial charge in [0.25, 0.3) is 5.91 Å². The fraction of sp³-hybridized carbons (Fsp3) is 0.529. The Balaban J connectivity index is 1.93. The summed E-state index contributed by atoms with van der Waals surface area (Å²) in [7, 11) is 0. The van der Waals surface area contributed by atoms with Gasteiger partial charge in [0, 0.05) is 6.04 Å². The second-order valence-corrected chi connectivity index (χ2v) is 7.83. The van der Waals surface area contributed by atoms with Gasteiger partial charge in [-0.3, -0.25) is 10.1 Å². The van der Waals surface area contributed by atoms with Crippen LogP contribution in [0.3, 0.4) is 0 Å². The van der Waals surface area contributed by atoms with Crippen LogP contribution in [0.1, 0.15) is 50.4 Å². The molecule has 0 aromatic heterocycles. The van der Waals surface area contributed by atoms with Crippen LogP contribution in [0.25, 0.3) is 0 Å². The first kappa shape index (κ1) is 17.2. The second-order valence-electron chi connectivity index (χ2n) is 7.02. The first-order valence-electron chi connectivity index (χ1n) is 7.63. The minimum atomic E-state index is -0.272. The predicted octanol–water partition coefficient (Wildman–Crippen LogP) is 4.16. The van der Waals surface area contributed by atoms with Crippen LogP contribution in [-0.4, -0.2) is 17.1 Å². The first-order chi connectivity index (χ1) is 10.3. The number of nitrogens with one attached hydrogen (secondary N) is 2. The highest BCUT2D eigenvalue weighted by Crippen LogP contribution is 2.38. The summed E-state index contributed by atoms with van der Waals surface area (Å²) >= 11 is 11.3. The SMILES string of the molecule is C[C@@H]1C[C@@H](NC(=S)NC(=O)c2ccccc2Cl)CC(C)(C)C1. The van der Waals surface area contributed by atoms with Gasteiger partial charge in [-0.2, -0.15) is 0 Å². The predicted molar refractivity (Wildman–Crippen MR) is 95.2 cm³/mol. The van der Waals surface area contributed by atoms with E-state index in [0.717, 1.165) is 12.8 Å². The minimum absolute atomic E-state index is 0.272. The monoisotopic (exact) mass is 338 g/mol. The lowest BCUT2D eigenvalue weighted by molar-refractivity contribution is 0.0975. The molecule has 0 unspecified atom stereocenters. The average molecular weight is 339 g/mol. The largest absolute Gasteiger partial charge is 0.360 e. The van der Waals surface area contributed by atoms with Crippen molar-refractivity contribution in [2.45, 2.75) is 46.1 Å². The maximum absolute atomic E-state index is 12.2. The molecule has 2 N–H and O–H groups in total. The van der Waals surface area contributed by atoms with Crippen LogP contribution in [0, 0.1) is 11.3 Å². The fourth-order valence-corrected chi connectivity index (χ4v) is 3.97. The Morgan fingerprint density at radius 3 is 2.64 bits per heavy atom. The quantitative estimate of drug-likeness (QED) is 0.795. The third-order valence-corrected chi connectivity index (χ3v) is 4.62. The lowest BCUT2D eigenvalue weighted by Crippen LogP contribution is -2.48. The summed E-state index contributed by atoms with van der Waals surface area (Å²) < 4.78 is 0. The molecule has 2 rings (SSSR count). The van der Waals surface area contributed by atoms with Gasteiger partial charge in [0.05, 0.1) is 10.6 Å². The van der Waals surface area contributed by atoms with Crippen molar-refractivity contribution < 1.29 is 4.79 Å². The molecule has 0 aliphatic heterocycles. The summed E-state index contributed by atoms with van der Waals surface area (Å²) in [6, 6.07) is 7.26. The Morgan fingerprint density at radius 1 is 1.32 bits per heavy atom. The number of rotatable bonds is 2. The number of benzene rings is 1. The zero-order valence-electron chi connectivity index (χ0n) is 13.3. The molecule has 0 spiro atoms. The molecule has 120 valence electrons. The van der Waals surface area contributed by atoms with Crippen molar-refractivity contribution in [1.82, 2.24) is 10.6 Å². The number of thiocarbonyl (C=S) groups is 1. The van der Waals surface area contributed by atoms with E-state index in [1.54, 1.807) is 24.3 Å². The van der Waals surface area contributed by atoms with Crippen molar-refractivity contribution >= 4 is 34.8 Å². The van der Waals surface area contributed by atoms with Crippen LogP contribution in [-0.2, 0) is 0 Å². The molecule has 3 nitrogen and oxygen atoms in total. The van der Waals surface area contributed by atoms with Crippen LogP contribution in [0.5, 0.6) is 0 Å². The molecule has 0 bridgehead atoms. The molecule has 1 aliphatic rings. The Hall–Kier alpha value is -1.13. The van der Waals surface area contributed by atoms with Crippen LogP contribution in [0.2, 0.25) is 5.02 Å². The lowest BCUT2D eigenvalue weighted by atomic mass is 9.71. The van der Waals surface area contributed by atoms with E-state index in [1.165, 1.54) is 6.42 Å².